The van der Waals surface area contributed by atoms with Crippen LogP contribution < -0.4 is 15.5 Å². The molecule has 0 saturated heterocycles. The highest BCUT2D eigenvalue weighted by Gasteiger charge is 2.36. The summed E-state index contributed by atoms with van der Waals surface area (Å²) < 4.78 is 4.98. The lowest BCUT2D eigenvalue weighted by Crippen LogP contribution is -2.50. The van der Waals surface area contributed by atoms with Crippen molar-refractivity contribution in [2.75, 3.05) is 10.2 Å². The highest BCUT2D eigenvalue weighted by molar-refractivity contribution is 6.31. The molecule has 0 bridgehead atoms. The zero-order valence-electron chi connectivity index (χ0n) is 22.7. The van der Waals surface area contributed by atoms with Crippen LogP contribution in [0.2, 0.25) is 5.02 Å². The van der Waals surface area contributed by atoms with Crippen molar-refractivity contribution in [1.29, 1.82) is 0 Å². The van der Waals surface area contributed by atoms with Crippen LogP contribution in [0.1, 0.15) is 68.5 Å². The lowest BCUT2D eigenvalue weighted by Gasteiger charge is -2.35. The minimum Gasteiger partial charge on any atom is -0.360 e. The fourth-order valence-electron chi connectivity index (χ4n) is 4.08. The lowest BCUT2D eigenvalue weighted by molar-refractivity contribution is -0.128. The SMILES string of the molecule is CCC(C)(C)NC(=O)C(c1ccccc1Cl)N(C(=O)CCC(=O)Nc1cc(C)on1)c1cc(C)cc(C)c1. The minimum atomic E-state index is -1.05. The van der Waals surface area contributed by atoms with E-state index in [2.05, 4.69) is 15.8 Å². The second kappa shape index (κ2) is 12.3. The maximum Gasteiger partial charge on any atom is 0.248 e. The monoisotopic (exact) mass is 538 g/mol. The molecule has 0 aliphatic rings. The summed E-state index contributed by atoms with van der Waals surface area (Å²) in [6, 6.07) is 13.2. The molecule has 0 aliphatic heterocycles. The molecule has 0 saturated carbocycles. The van der Waals surface area contributed by atoms with E-state index in [4.69, 9.17) is 16.1 Å². The number of carbonyl (C=O) groups excluding carboxylic acids is 3. The van der Waals surface area contributed by atoms with E-state index in [0.717, 1.165) is 11.1 Å². The average molecular weight is 539 g/mol. The summed E-state index contributed by atoms with van der Waals surface area (Å²) in [5.74, 6) is -0.309. The first-order valence-corrected chi connectivity index (χ1v) is 13.0. The van der Waals surface area contributed by atoms with Gasteiger partial charge in [-0.05, 0) is 70.4 Å². The van der Waals surface area contributed by atoms with Gasteiger partial charge in [0, 0.05) is 40.7 Å². The first-order valence-electron chi connectivity index (χ1n) is 12.6. The fraction of sp³-hybridized carbons (Fsp3) is 0.379. The number of aryl methyl sites for hydroxylation is 3. The zero-order valence-corrected chi connectivity index (χ0v) is 23.5. The second-order valence-electron chi connectivity index (χ2n) is 10.1. The number of benzene rings is 2. The summed E-state index contributed by atoms with van der Waals surface area (Å²) in [5.41, 5.74) is 2.40. The molecule has 2 aromatic carbocycles. The van der Waals surface area contributed by atoms with Crippen molar-refractivity contribution >= 4 is 40.8 Å². The molecule has 1 heterocycles. The van der Waals surface area contributed by atoms with Crippen LogP contribution in [0.15, 0.2) is 53.1 Å². The molecule has 2 N–H and O–H groups in total. The molecule has 1 unspecified atom stereocenters. The summed E-state index contributed by atoms with van der Waals surface area (Å²) in [7, 11) is 0. The van der Waals surface area contributed by atoms with Crippen LogP contribution in [0.3, 0.4) is 0 Å². The molecule has 8 nitrogen and oxygen atoms in total. The number of halogens is 1. The molecule has 3 aromatic rings. The first kappa shape index (κ1) is 28.9. The molecule has 0 aliphatic carbocycles. The van der Waals surface area contributed by atoms with Crippen molar-refractivity contribution in [2.24, 2.45) is 0 Å². The molecular weight excluding hydrogens is 504 g/mol. The standard InChI is InChI=1S/C29H35ClN4O4/c1-7-29(5,6)32-28(37)27(22-10-8-9-11-23(22)30)34(21-15-18(2)14-19(3)16-21)26(36)13-12-25(35)31-24-17-20(4)38-33-24/h8-11,14-17,27H,7,12-13H2,1-6H3,(H,32,37)(H,31,33,35). The number of nitrogens with zero attached hydrogens (tertiary/aromatic N) is 2. The fourth-order valence-corrected chi connectivity index (χ4v) is 4.32. The molecule has 3 amide bonds. The van der Waals surface area contributed by atoms with Crippen LogP contribution in [-0.2, 0) is 14.4 Å². The largest absolute Gasteiger partial charge is 0.360 e. The molecule has 3 rings (SSSR count). The van der Waals surface area contributed by atoms with E-state index in [-0.39, 0.29) is 24.6 Å². The predicted molar refractivity (Wildman–Crippen MR) is 149 cm³/mol. The number of amides is 3. The smallest absolute Gasteiger partial charge is 0.248 e. The Bertz CT molecular complexity index is 1300. The number of hydrogen-bond donors (Lipinski definition) is 2. The topological polar surface area (TPSA) is 105 Å². The number of hydrogen-bond acceptors (Lipinski definition) is 5. The third kappa shape index (κ3) is 7.44. The van der Waals surface area contributed by atoms with Gasteiger partial charge in [-0.1, -0.05) is 47.9 Å². The number of aromatic nitrogens is 1. The van der Waals surface area contributed by atoms with E-state index in [1.54, 1.807) is 37.3 Å². The first-order chi connectivity index (χ1) is 17.9. The summed E-state index contributed by atoms with van der Waals surface area (Å²) in [5, 5.41) is 9.83. The summed E-state index contributed by atoms with van der Waals surface area (Å²) in [6.45, 7) is 11.4. The Hall–Kier alpha value is -3.65. The summed E-state index contributed by atoms with van der Waals surface area (Å²) in [6.07, 6.45) is 0.442. The second-order valence-corrected chi connectivity index (χ2v) is 10.5. The zero-order chi connectivity index (χ0) is 28.0. The van der Waals surface area contributed by atoms with Gasteiger partial charge in [0.1, 0.15) is 11.8 Å². The lowest BCUT2D eigenvalue weighted by atomic mass is 9.97. The van der Waals surface area contributed by atoms with Gasteiger partial charge in [0.05, 0.1) is 0 Å². The van der Waals surface area contributed by atoms with Crippen molar-refractivity contribution in [3.63, 3.8) is 0 Å². The highest BCUT2D eigenvalue weighted by atomic mass is 35.5. The Kier molecular flexibility index (Phi) is 9.33. The molecular formula is C29H35ClN4O4. The van der Waals surface area contributed by atoms with Gasteiger partial charge in [0.15, 0.2) is 5.82 Å². The van der Waals surface area contributed by atoms with Gasteiger partial charge >= 0.3 is 0 Å². The molecule has 9 heteroatoms. The van der Waals surface area contributed by atoms with Gasteiger partial charge in [-0.25, -0.2) is 0 Å². The Morgan fingerprint density at radius 3 is 2.26 bits per heavy atom. The van der Waals surface area contributed by atoms with E-state index >= 15 is 0 Å². The quantitative estimate of drug-likeness (QED) is 0.327. The van der Waals surface area contributed by atoms with Crippen molar-refractivity contribution in [2.45, 2.75) is 72.4 Å². The maximum atomic E-state index is 13.9. The summed E-state index contributed by atoms with van der Waals surface area (Å²) in [4.78, 5) is 41.8. The van der Waals surface area contributed by atoms with Crippen molar-refractivity contribution in [1.82, 2.24) is 10.5 Å². The van der Waals surface area contributed by atoms with E-state index < -0.39 is 23.4 Å². The Labute approximate surface area is 228 Å². The third-order valence-electron chi connectivity index (χ3n) is 6.27. The number of rotatable bonds is 10. The van der Waals surface area contributed by atoms with Gasteiger partial charge in [0.25, 0.3) is 0 Å². The van der Waals surface area contributed by atoms with Crippen LogP contribution in [0, 0.1) is 20.8 Å². The molecule has 1 atom stereocenters. The van der Waals surface area contributed by atoms with Crippen LogP contribution in [-0.4, -0.2) is 28.4 Å². The van der Waals surface area contributed by atoms with E-state index in [9.17, 15) is 14.4 Å². The van der Waals surface area contributed by atoms with Gasteiger partial charge in [-0.2, -0.15) is 0 Å². The van der Waals surface area contributed by atoms with Crippen molar-refractivity contribution in [3.8, 4) is 0 Å². The molecule has 0 spiro atoms. The van der Waals surface area contributed by atoms with Crippen molar-refractivity contribution in [3.05, 3.63) is 76.0 Å². The molecule has 202 valence electrons. The number of nitrogens with one attached hydrogen (secondary N) is 2. The number of carbonyl (C=O) groups is 3. The van der Waals surface area contributed by atoms with Gasteiger partial charge in [-0.15, -0.1) is 0 Å². The molecule has 0 radical (unpaired) electrons. The predicted octanol–water partition coefficient (Wildman–Crippen LogP) is 6.05. The number of anilines is 2. The van der Waals surface area contributed by atoms with Crippen LogP contribution in [0.5, 0.6) is 0 Å². The normalized spacial score (nSPS) is 12.1. The van der Waals surface area contributed by atoms with E-state index in [0.29, 0.717) is 28.5 Å². The Balaban J connectivity index is 2.02. The maximum absolute atomic E-state index is 13.9. The van der Waals surface area contributed by atoms with Gasteiger partial charge < -0.3 is 15.2 Å². The van der Waals surface area contributed by atoms with Gasteiger partial charge in [-0.3, -0.25) is 19.3 Å². The third-order valence-corrected chi connectivity index (χ3v) is 6.61. The Morgan fingerprint density at radius 1 is 1.03 bits per heavy atom. The Morgan fingerprint density at radius 2 is 1.68 bits per heavy atom. The van der Waals surface area contributed by atoms with Crippen LogP contribution in [0.4, 0.5) is 11.5 Å². The van der Waals surface area contributed by atoms with E-state index in [1.807, 2.05) is 52.8 Å². The minimum absolute atomic E-state index is 0.108. The molecule has 0 fully saturated rings. The highest BCUT2D eigenvalue weighted by Crippen LogP contribution is 2.34. The average Bonchev–Trinajstić information content (AvgIpc) is 3.24. The molecule has 1 aromatic heterocycles. The van der Waals surface area contributed by atoms with Gasteiger partial charge in [0.2, 0.25) is 17.7 Å². The van der Waals surface area contributed by atoms with Crippen molar-refractivity contribution < 1.29 is 18.9 Å². The van der Waals surface area contributed by atoms with Crippen LogP contribution >= 0.6 is 11.6 Å². The van der Waals surface area contributed by atoms with Crippen LogP contribution in [0.25, 0.3) is 0 Å². The van der Waals surface area contributed by atoms with E-state index in [1.165, 1.54) is 4.90 Å². The molecule has 38 heavy (non-hydrogen) atoms. The summed E-state index contributed by atoms with van der Waals surface area (Å²) >= 11 is 6.59.